The van der Waals surface area contributed by atoms with Gasteiger partial charge in [0.1, 0.15) is 25.3 Å². The molecule has 0 radical (unpaired) electrons. The van der Waals surface area contributed by atoms with Crippen molar-refractivity contribution in [1.82, 2.24) is 29.5 Å². The number of aliphatic hydroxyl groups is 1. The van der Waals surface area contributed by atoms with E-state index in [0.717, 1.165) is 0 Å². The number of rotatable bonds is 7. The highest BCUT2D eigenvalue weighted by Gasteiger charge is 2.43. The summed E-state index contributed by atoms with van der Waals surface area (Å²) in [5.41, 5.74) is -1.16. The predicted molar refractivity (Wildman–Crippen MR) is 91.1 cm³/mol. The molecule has 10 heteroatoms. The van der Waals surface area contributed by atoms with Gasteiger partial charge in [-0.3, -0.25) is 0 Å². The van der Waals surface area contributed by atoms with Crippen molar-refractivity contribution in [3.05, 3.63) is 59.1 Å². The van der Waals surface area contributed by atoms with Crippen LogP contribution in [0.5, 0.6) is 0 Å². The summed E-state index contributed by atoms with van der Waals surface area (Å²) in [5, 5.41) is 20.6. The zero-order valence-electron chi connectivity index (χ0n) is 13.3. The van der Waals surface area contributed by atoms with Crippen molar-refractivity contribution in [3.63, 3.8) is 0 Å². The molecule has 1 N–H and O–H groups in total. The summed E-state index contributed by atoms with van der Waals surface area (Å²) in [6.45, 7) is 2.21. The third kappa shape index (κ3) is 3.67. The van der Waals surface area contributed by atoms with Gasteiger partial charge >= 0.3 is 0 Å². The van der Waals surface area contributed by atoms with Crippen LogP contribution in [0.1, 0.15) is 18.7 Å². The van der Waals surface area contributed by atoms with E-state index in [1.165, 1.54) is 34.7 Å². The topological polar surface area (TPSA) is 90.9 Å². The smallest absolute Gasteiger partial charge is 0.186 e. The van der Waals surface area contributed by atoms with Crippen molar-refractivity contribution in [2.24, 2.45) is 0 Å². The molecule has 0 spiro atoms. The molecular weight excluding hydrogens is 367 g/mol. The monoisotopic (exact) mass is 382 g/mol. The van der Waals surface area contributed by atoms with Crippen LogP contribution >= 0.6 is 23.2 Å². The van der Waals surface area contributed by atoms with E-state index in [2.05, 4.69) is 20.2 Å². The first-order valence-electron chi connectivity index (χ1n) is 7.50. The zero-order valence-corrected chi connectivity index (χ0v) is 14.8. The molecule has 2 heterocycles. The molecule has 132 valence electrons. The third-order valence-electron chi connectivity index (χ3n) is 3.68. The molecule has 3 aromatic rings. The molecule has 0 aliphatic rings. The Balaban J connectivity index is 2.13. The van der Waals surface area contributed by atoms with Gasteiger partial charge in [0.2, 0.25) is 0 Å². The summed E-state index contributed by atoms with van der Waals surface area (Å²) in [7, 11) is 0. The summed E-state index contributed by atoms with van der Waals surface area (Å²) >= 11 is 12.4. The van der Waals surface area contributed by atoms with Gasteiger partial charge in [0.15, 0.2) is 11.8 Å². The van der Waals surface area contributed by atoms with Crippen molar-refractivity contribution < 1.29 is 9.84 Å². The fraction of sp³-hybridized carbons (Fsp3) is 0.333. The Bertz CT molecular complexity index is 812. The number of benzene rings is 1. The summed E-state index contributed by atoms with van der Waals surface area (Å²) in [6, 6.07) is 4.87. The second kappa shape index (κ2) is 7.49. The van der Waals surface area contributed by atoms with Crippen LogP contribution < -0.4 is 0 Å². The van der Waals surface area contributed by atoms with Gasteiger partial charge in [-0.1, -0.05) is 29.3 Å². The van der Waals surface area contributed by atoms with Crippen LogP contribution in [0.2, 0.25) is 10.0 Å². The molecule has 0 amide bonds. The molecule has 2 aromatic heterocycles. The van der Waals surface area contributed by atoms with Gasteiger partial charge in [-0.2, -0.15) is 10.2 Å². The Morgan fingerprint density at radius 3 is 2.56 bits per heavy atom. The van der Waals surface area contributed by atoms with Gasteiger partial charge in [-0.05, 0) is 19.1 Å². The largest absolute Gasteiger partial charge is 0.378 e. The van der Waals surface area contributed by atoms with Crippen LogP contribution in [-0.2, 0) is 16.9 Å². The second-order valence-electron chi connectivity index (χ2n) is 5.32. The highest BCUT2D eigenvalue weighted by atomic mass is 35.5. The first-order chi connectivity index (χ1) is 12.0. The first-order valence-corrected chi connectivity index (χ1v) is 8.26. The zero-order chi connectivity index (χ0) is 17.9. The average Bonchev–Trinajstić information content (AvgIpc) is 3.25. The summed E-state index contributed by atoms with van der Waals surface area (Å²) in [5.74, 6) is 0. The van der Waals surface area contributed by atoms with Gasteiger partial charge in [0.05, 0.1) is 6.54 Å². The predicted octanol–water partition coefficient (Wildman–Crippen LogP) is 2.30. The highest BCUT2D eigenvalue weighted by molar-refractivity contribution is 6.35. The van der Waals surface area contributed by atoms with Crippen molar-refractivity contribution in [2.45, 2.75) is 25.3 Å². The average molecular weight is 383 g/mol. The maximum absolute atomic E-state index is 11.7. The van der Waals surface area contributed by atoms with Crippen LogP contribution in [0.15, 0.2) is 43.5 Å². The molecule has 0 unspecified atom stereocenters. The van der Waals surface area contributed by atoms with Crippen LogP contribution in [-0.4, -0.2) is 41.2 Å². The number of nitrogens with zero attached hydrogens (tertiary/aromatic N) is 6. The van der Waals surface area contributed by atoms with Crippen molar-refractivity contribution in [1.29, 1.82) is 0 Å². The Morgan fingerprint density at radius 2 is 1.96 bits per heavy atom. The Hall–Kier alpha value is -2.00. The molecule has 3 rings (SSSR count). The minimum absolute atomic E-state index is 0.0406. The lowest BCUT2D eigenvalue weighted by atomic mass is 9.91. The standard InChI is InChI=1S/C15H16Cl2N6O2/c1-2-25-14(23-10-19-8-21-23)15(24,6-22-9-18-7-20-22)12-4-3-11(16)5-13(12)17/h3-5,7-10,14,24H,2,6H2,1H3/t14-,15-/m1/s1. The summed E-state index contributed by atoms with van der Waals surface area (Å²) in [6.07, 6.45) is 4.83. The lowest BCUT2D eigenvalue weighted by Gasteiger charge is -2.36. The Kier molecular flexibility index (Phi) is 5.33. The van der Waals surface area contributed by atoms with E-state index in [-0.39, 0.29) is 6.54 Å². The van der Waals surface area contributed by atoms with Gasteiger partial charge in [0, 0.05) is 22.2 Å². The van der Waals surface area contributed by atoms with E-state index in [1.54, 1.807) is 18.2 Å². The van der Waals surface area contributed by atoms with Crippen molar-refractivity contribution >= 4 is 23.2 Å². The van der Waals surface area contributed by atoms with Crippen LogP contribution in [0.4, 0.5) is 0 Å². The SMILES string of the molecule is CCO[C@@H](n1cncn1)[C@@](O)(Cn1cncn1)c1ccc(Cl)cc1Cl. The lowest BCUT2D eigenvalue weighted by molar-refractivity contribution is -0.165. The number of ether oxygens (including phenoxy) is 1. The molecular formula is C15H16Cl2N6O2. The maximum atomic E-state index is 11.7. The van der Waals surface area contributed by atoms with E-state index in [9.17, 15) is 5.11 Å². The third-order valence-corrected chi connectivity index (χ3v) is 4.22. The minimum Gasteiger partial charge on any atom is -0.378 e. The fourth-order valence-corrected chi connectivity index (χ4v) is 3.20. The van der Waals surface area contributed by atoms with Gasteiger partial charge in [-0.25, -0.2) is 19.3 Å². The molecule has 0 fully saturated rings. The first kappa shape index (κ1) is 17.8. The van der Waals surface area contributed by atoms with E-state index < -0.39 is 11.8 Å². The van der Waals surface area contributed by atoms with E-state index in [0.29, 0.717) is 22.2 Å². The summed E-state index contributed by atoms with van der Waals surface area (Å²) in [4.78, 5) is 7.85. The number of aromatic nitrogens is 6. The van der Waals surface area contributed by atoms with Crippen molar-refractivity contribution in [2.75, 3.05) is 6.61 Å². The molecule has 0 aliphatic heterocycles. The van der Waals surface area contributed by atoms with E-state index >= 15 is 0 Å². The fourth-order valence-electron chi connectivity index (χ4n) is 2.63. The van der Waals surface area contributed by atoms with Crippen LogP contribution in [0, 0.1) is 0 Å². The molecule has 0 aliphatic carbocycles. The Morgan fingerprint density at radius 1 is 1.20 bits per heavy atom. The van der Waals surface area contributed by atoms with Crippen LogP contribution in [0.3, 0.4) is 0 Å². The molecule has 0 bridgehead atoms. The van der Waals surface area contributed by atoms with E-state index in [4.69, 9.17) is 27.9 Å². The normalized spacial score (nSPS) is 15.0. The Labute approximate surface area is 154 Å². The molecule has 25 heavy (non-hydrogen) atoms. The molecule has 1 aromatic carbocycles. The van der Waals surface area contributed by atoms with Crippen molar-refractivity contribution in [3.8, 4) is 0 Å². The molecule has 0 saturated heterocycles. The van der Waals surface area contributed by atoms with Crippen LogP contribution in [0.25, 0.3) is 0 Å². The molecule has 0 saturated carbocycles. The lowest BCUT2D eigenvalue weighted by Crippen LogP contribution is -2.43. The minimum atomic E-state index is -1.60. The maximum Gasteiger partial charge on any atom is 0.186 e. The summed E-state index contributed by atoms with van der Waals surface area (Å²) < 4.78 is 8.73. The van der Waals surface area contributed by atoms with E-state index in [1.807, 2.05) is 6.92 Å². The quantitative estimate of drug-likeness (QED) is 0.673. The molecule has 8 nitrogen and oxygen atoms in total. The number of hydrogen-bond acceptors (Lipinski definition) is 6. The highest BCUT2D eigenvalue weighted by Crippen LogP contribution is 2.40. The molecule has 2 atom stereocenters. The number of halogens is 2. The van der Waals surface area contributed by atoms with Gasteiger partial charge in [0.25, 0.3) is 0 Å². The number of hydrogen-bond donors (Lipinski definition) is 1. The van der Waals surface area contributed by atoms with Gasteiger partial charge in [-0.15, -0.1) is 0 Å². The van der Waals surface area contributed by atoms with Gasteiger partial charge < -0.3 is 9.84 Å². The second-order valence-corrected chi connectivity index (χ2v) is 6.17.